The molecule has 0 saturated carbocycles. The van der Waals surface area contributed by atoms with E-state index in [1.54, 1.807) is 0 Å². The van der Waals surface area contributed by atoms with Gasteiger partial charge in [-0.1, -0.05) is 103 Å². The van der Waals surface area contributed by atoms with Crippen LogP contribution in [-0.2, 0) is 5.41 Å². The third-order valence-corrected chi connectivity index (χ3v) is 5.76. The number of hydrogen-bond donors (Lipinski definition) is 1. The van der Waals surface area contributed by atoms with E-state index >= 15 is 0 Å². The summed E-state index contributed by atoms with van der Waals surface area (Å²) < 4.78 is 1.06. The maximum absolute atomic E-state index is 3.73. The molecule has 150 valence electrons. The van der Waals surface area contributed by atoms with Gasteiger partial charge in [0, 0.05) is 21.3 Å². The first kappa shape index (κ1) is 20.4. The van der Waals surface area contributed by atoms with Gasteiger partial charge < -0.3 is 5.32 Å². The number of halogens is 1. The van der Waals surface area contributed by atoms with Crippen molar-refractivity contribution in [1.82, 2.24) is 0 Å². The summed E-state index contributed by atoms with van der Waals surface area (Å²) in [5, 5.41) is 3.73. The number of anilines is 2. The van der Waals surface area contributed by atoms with Gasteiger partial charge in [-0.3, -0.25) is 0 Å². The lowest BCUT2D eigenvalue weighted by Crippen LogP contribution is -2.12. The van der Waals surface area contributed by atoms with Gasteiger partial charge in [0.2, 0.25) is 0 Å². The Balaban J connectivity index is 2.01. The van der Waals surface area contributed by atoms with E-state index in [2.05, 4.69) is 133 Å². The number of hydrogen-bond acceptors (Lipinski definition) is 1. The molecule has 0 atom stereocenters. The summed E-state index contributed by atoms with van der Waals surface area (Å²) in [6.45, 7) is 6.81. The Labute approximate surface area is 187 Å². The summed E-state index contributed by atoms with van der Waals surface area (Å²) in [5.41, 5.74) is 8.38. The van der Waals surface area contributed by atoms with Crippen LogP contribution in [0.15, 0.2) is 102 Å². The van der Waals surface area contributed by atoms with Crippen LogP contribution in [0.5, 0.6) is 0 Å². The molecular formula is C28H26BrN. The van der Waals surface area contributed by atoms with Crippen LogP contribution in [0.2, 0.25) is 0 Å². The van der Waals surface area contributed by atoms with Crippen molar-refractivity contribution < 1.29 is 0 Å². The van der Waals surface area contributed by atoms with Crippen LogP contribution in [-0.4, -0.2) is 0 Å². The molecule has 0 unspecified atom stereocenters. The normalized spacial score (nSPS) is 11.3. The smallest absolute Gasteiger partial charge is 0.0543 e. The lowest BCUT2D eigenvalue weighted by Gasteiger charge is -2.25. The summed E-state index contributed by atoms with van der Waals surface area (Å²) in [4.78, 5) is 0. The first-order valence-electron chi connectivity index (χ1n) is 10.2. The van der Waals surface area contributed by atoms with Gasteiger partial charge in [0.15, 0.2) is 0 Å². The zero-order valence-electron chi connectivity index (χ0n) is 17.6. The predicted octanol–water partition coefficient (Wildman–Crippen LogP) is 8.82. The molecular weight excluding hydrogens is 430 g/mol. The molecule has 1 N–H and O–H groups in total. The molecule has 0 fully saturated rings. The van der Waals surface area contributed by atoms with E-state index in [-0.39, 0.29) is 5.41 Å². The minimum atomic E-state index is 0.0430. The summed E-state index contributed by atoms with van der Waals surface area (Å²) in [6.07, 6.45) is 0. The summed E-state index contributed by atoms with van der Waals surface area (Å²) in [6, 6.07) is 34.3. The van der Waals surface area contributed by atoms with Crippen molar-refractivity contribution in [1.29, 1.82) is 0 Å². The summed E-state index contributed by atoms with van der Waals surface area (Å²) >= 11 is 3.60. The largest absolute Gasteiger partial charge is 0.354 e. The van der Waals surface area contributed by atoms with Crippen LogP contribution in [0.3, 0.4) is 0 Å². The van der Waals surface area contributed by atoms with E-state index in [0.29, 0.717) is 0 Å². The molecule has 4 rings (SSSR count). The highest BCUT2D eigenvalue weighted by atomic mass is 79.9. The fourth-order valence-electron chi connectivity index (χ4n) is 3.61. The zero-order valence-corrected chi connectivity index (χ0v) is 19.2. The molecule has 0 spiro atoms. The number of benzene rings is 4. The molecule has 30 heavy (non-hydrogen) atoms. The second-order valence-electron chi connectivity index (χ2n) is 8.56. The molecule has 0 aliphatic heterocycles. The molecule has 1 nitrogen and oxygen atoms in total. The highest BCUT2D eigenvalue weighted by Crippen LogP contribution is 2.42. The number of nitrogens with one attached hydrogen (secondary N) is 1. The molecule has 4 aromatic rings. The van der Waals surface area contributed by atoms with E-state index in [0.717, 1.165) is 15.8 Å². The Hall–Kier alpha value is -2.84. The molecule has 0 heterocycles. The first-order valence-corrected chi connectivity index (χ1v) is 11.0. The Kier molecular flexibility index (Phi) is 5.78. The van der Waals surface area contributed by atoms with Crippen molar-refractivity contribution in [2.75, 3.05) is 5.32 Å². The third-order valence-electron chi connectivity index (χ3n) is 5.27. The SMILES string of the molecule is CC(C)(C)c1cc(-c2ccccc2)c(Nc2cccc(Br)c2)c(-c2ccccc2)c1. The van der Waals surface area contributed by atoms with Gasteiger partial charge in [-0.15, -0.1) is 0 Å². The molecule has 0 radical (unpaired) electrons. The average Bonchev–Trinajstić information content (AvgIpc) is 2.74. The molecule has 0 bridgehead atoms. The second-order valence-corrected chi connectivity index (χ2v) is 9.48. The maximum Gasteiger partial charge on any atom is 0.0543 e. The van der Waals surface area contributed by atoms with Crippen molar-refractivity contribution >= 4 is 27.3 Å². The fourth-order valence-corrected chi connectivity index (χ4v) is 4.01. The van der Waals surface area contributed by atoms with Gasteiger partial charge in [-0.05, 0) is 52.4 Å². The van der Waals surface area contributed by atoms with E-state index < -0.39 is 0 Å². The lowest BCUT2D eigenvalue weighted by atomic mass is 9.82. The third kappa shape index (κ3) is 4.49. The topological polar surface area (TPSA) is 12.0 Å². The van der Waals surface area contributed by atoms with Crippen LogP contribution < -0.4 is 5.32 Å². The Morgan fingerprint density at radius 3 is 1.63 bits per heavy atom. The quantitative estimate of drug-likeness (QED) is 0.323. The van der Waals surface area contributed by atoms with E-state index in [1.165, 1.54) is 27.8 Å². The van der Waals surface area contributed by atoms with Crippen LogP contribution in [0, 0.1) is 0 Å². The molecule has 0 aliphatic rings. The minimum absolute atomic E-state index is 0.0430. The van der Waals surface area contributed by atoms with Gasteiger partial charge in [0.25, 0.3) is 0 Å². The van der Waals surface area contributed by atoms with Crippen LogP contribution in [0.1, 0.15) is 26.3 Å². The molecule has 0 aromatic heterocycles. The van der Waals surface area contributed by atoms with Crippen molar-refractivity contribution in [3.63, 3.8) is 0 Å². The van der Waals surface area contributed by atoms with E-state index in [9.17, 15) is 0 Å². The van der Waals surface area contributed by atoms with Crippen LogP contribution in [0.4, 0.5) is 11.4 Å². The summed E-state index contributed by atoms with van der Waals surface area (Å²) in [5.74, 6) is 0. The molecule has 0 aliphatic carbocycles. The van der Waals surface area contributed by atoms with Crippen LogP contribution >= 0.6 is 15.9 Å². The molecule has 0 saturated heterocycles. The second kappa shape index (κ2) is 8.49. The van der Waals surface area contributed by atoms with Crippen molar-refractivity contribution in [2.24, 2.45) is 0 Å². The minimum Gasteiger partial charge on any atom is -0.354 e. The zero-order chi connectivity index (χ0) is 21.1. The van der Waals surface area contributed by atoms with Crippen molar-refractivity contribution in [3.8, 4) is 22.3 Å². The predicted molar refractivity (Wildman–Crippen MR) is 133 cm³/mol. The molecule has 2 heteroatoms. The monoisotopic (exact) mass is 455 g/mol. The lowest BCUT2D eigenvalue weighted by molar-refractivity contribution is 0.591. The van der Waals surface area contributed by atoms with Gasteiger partial charge >= 0.3 is 0 Å². The highest BCUT2D eigenvalue weighted by molar-refractivity contribution is 9.10. The van der Waals surface area contributed by atoms with Gasteiger partial charge in [0.05, 0.1) is 5.69 Å². The Morgan fingerprint density at radius 1 is 0.633 bits per heavy atom. The van der Waals surface area contributed by atoms with E-state index in [1.807, 2.05) is 6.07 Å². The maximum atomic E-state index is 3.73. The standard InChI is InChI=1S/C28H26BrN/c1-28(2,3)22-17-25(20-11-6-4-7-12-20)27(30-24-16-10-15-23(29)19-24)26(18-22)21-13-8-5-9-14-21/h4-19,30H,1-3H3. The van der Waals surface area contributed by atoms with Crippen molar-refractivity contribution in [3.05, 3.63) is 107 Å². The molecule has 4 aromatic carbocycles. The van der Waals surface area contributed by atoms with Gasteiger partial charge in [0.1, 0.15) is 0 Å². The Morgan fingerprint density at radius 2 is 1.17 bits per heavy atom. The Bertz CT molecular complexity index is 1080. The average molecular weight is 456 g/mol. The first-order chi connectivity index (χ1) is 14.4. The fraction of sp³-hybridized carbons (Fsp3) is 0.143. The van der Waals surface area contributed by atoms with Crippen LogP contribution in [0.25, 0.3) is 22.3 Å². The summed E-state index contributed by atoms with van der Waals surface area (Å²) in [7, 11) is 0. The number of rotatable bonds is 4. The van der Waals surface area contributed by atoms with Gasteiger partial charge in [-0.25, -0.2) is 0 Å². The highest BCUT2D eigenvalue weighted by Gasteiger charge is 2.20. The van der Waals surface area contributed by atoms with Crippen molar-refractivity contribution in [2.45, 2.75) is 26.2 Å². The van der Waals surface area contributed by atoms with Gasteiger partial charge in [-0.2, -0.15) is 0 Å². The molecule has 0 amide bonds. The van der Waals surface area contributed by atoms with E-state index in [4.69, 9.17) is 0 Å².